The van der Waals surface area contributed by atoms with Crippen LogP contribution in [-0.4, -0.2) is 30.8 Å². The van der Waals surface area contributed by atoms with Crippen molar-refractivity contribution < 1.29 is 14.0 Å². The van der Waals surface area contributed by atoms with E-state index in [4.69, 9.17) is 4.42 Å². The number of benzene rings is 1. The zero-order valence-corrected chi connectivity index (χ0v) is 16.8. The van der Waals surface area contributed by atoms with E-state index in [-0.39, 0.29) is 17.7 Å². The van der Waals surface area contributed by atoms with Gasteiger partial charge in [-0.15, -0.1) is 0 Å². The van der Waals surface area contributed by atoms with Gasteiger partial charge in [0.25, 0.3) is 0 Å². The van der Waals surface area contributed by atoms with Gasteiger partial charge in [-0.1, -0.05) is 20.8 Å². The van der Waals surface area contributed by atoms with E-state index >= 15 is 0 Å². The average molecular weight is 371 g/mol. The molecular weight excluding hydrogens is 342 g/mol. The van der Waals surface area contributed by atoms with E-state index in [0.29, 0.717) is 19.5 Å². The Kier molecular flexibility index (Phi) is 7.05. The summed E-state index contributed by atoms with van der Waals surface area (Å²) in [6, 6.07) is 9.47. The molecule has 0 bridgehead atoms. The first-order valence-electron chi connectivity index (χ1n) is 9.23. The monoisotopic (exact) mass is 371 g/mol. The van der Waals surface area contributed by atoms with Crippen LogP contribution in [0.3, 0.4) is 0 Å². The summed E-state index contributed by atoms with van der Waals surface area (Å²) >= 11 is 0. The predicted molar refractivity (Wildman–Crippen MR) is 107 cm³/mol. The first-order chi connectivity index (χ1) is 12.8. The minimum atomic E-state index is -0.0981. The predicted octanol–water partition coefficient (Wildman–Crippen LogP) is 3.88. The van der Waals surface area contributed by atoms with Gasteiger partial charge in [0.2, 0.25) is 11.8 Å². The van der Waals surface area contributed by atoms with Crippen LogP contribution in [0.1, 0.15) is 38.5 Å². The Bertz CT molecular complexity index is 767. The van der Waals surface area contributed by atoms with Gasteiger partial charge in [0, 0.05) is 44.4 Å². The molecule has 146 valence electrons. The van der Waals surface area contributed by atoms with E-state index in [0.717, 1.165) is 22.7 Å². The third-order valence-electron chi connectivity index (χ3n) is 4.30. The zero-order chi connectivity index (χ0) is 20.0. The molecule has 6 heteroatoms. The molecule has 0 spiro atoms. The van der Waals surface area contributed by atoms with Crippen molar-refractivity contribution in [3.05, 3.63) is 47.9 Å². The highest BCUT2D eigenvalue weighted by Gasteiger charge is 2.18. The lowest BCUT2D eigenvalue weighted by molar-refractivity contribution is -0.132. The van der Waals surface area contributed by atoms with Gasteiger partial charge in [-0.05, 0) is 35.9 Å². The van der Waals surface area contributed by atoms with Crippen LogP contribution in [0, 0.1) is 5.92 Å². The molecule has 0 saturated heterocycles. The summed E-state index contributed by atoms with van der Waals surface area (Å²) in [5.41, 5.74) is 2.71. The lowest BCUT2D eigenvalue weighted by atomic mass is 10.1. The van der Waals surface area contributed by atoms with Crippen LogP contribution in [0.2, 0.25) is 0 Å². The van der Waals surface area contributed by atoms with Crippen LogP contribution >= 0.6 is 0 Å². The number of amides is 2. The number of carbonyl (C=O) groups is 2. The van der Waals surface area contributed by atoms with Gasteiger partial charge in [-0.2, -0.15) is 0 Å². The first-order valence-corrected chi connectivity index (χ1v) is 9.23. The summed E-state index contributed by atoms with van der Waals surface area (Å²) in [6.07, 6.45) is 2.03. The van der Waals surface area contributed by atoms with Crippen molar-refractivity contribution >= 4 is 23.2 Å². The smallest absolute Gasteiger partial charge is 0.226 e. The molecule has 1 heterocycles. The molecule has 0 saturated carbocycles. The minimum Gasteiger partial charge on any atom is -0.467 e. The van der Waals surface area contributed by atoms with Crippen LogP contribution in [-0.2, 0) is 22.7 Å². The Morgan fingerprint density at radius 2 is 1.89 bits per heavy atom. The van der Waals surface area contributed by atoms with E-state index in [9.17, 15) is 9.59 Å². The van der Waals surface area contributed by atoms with Crippen LogP contribution < -0.4 is 10.2 Å². The third kappa shape index (κ3) is 5.61. The number of carbonyl (C=O) groups excluding carboxylic acids is 2. The fourth-order valence-corrected chi connectivity index (χ4v) is 2.76. The molecule has 1 N–H and O–H groups in total. The van der Waals surface area contributed by atoms with Crippen LogP contribution in [0.25, 0.3) is 0 Å². The number of rotatable bonds is 8. The summed E-state index contributed by atoms with van der Waals surface area (Å²) in [5, 5.41) is 2.93. The third-order valence-corrected chi connectivity index (χ3v) is 4.30. The summed E-state index contributed by atoms with van der Waals surface area (Å²) in [6.45, 7) is 6.41. The molecule has 0 aliphatic heterocycles. The largest absolute Gasteiger partial charge is 0.467 e. The highest BCUT2D eigenvalue weighted by molar-refractivity contribution is 5.92. The Balaban J connectivity index is 2.30. The molecule has 0 aliphatic carbocycles. The molecule has 0 atom stereocenters. The standard InChI is InChI=1S/C21H29N3O3/c1-6-20(25)24(14-18-8-7-11-27-18)13-16-12-17(22-21(26)15(2)3)9-10-19(16)23(4)5/h7-12,15H,6,13-14H2,1-5H3,(H,22,26). The highest BCUT2D eigenvalue weighted by atomic mass is 16.3. The Morgan fingerprint density at radius 1 is 1.15 bits per heavy atom. The van der Waals surface area contributed by atoms with Crippen molar-refractivity contribution in [3.63, 3.8) is 0 Å². The van der Waals surface area contributed by atoms with Gasteiger partial charge in [-0.25, -0.2) is 0 Å². The van der Waals surface area contributed by atoms with Gasteiger partial charge in [-0.3, -0.25) is 9.59 Å². The number of nitrogens with one attached hydrogen (secondary N) is 1. The topological polar surface area (TPSA) is 65.8 Å². The molecule has 0 radical (unpaired) electrons. The van der Waals surface area contributed by atoms with E-state index < -0.39 is 0 Å². The van der Waals surface area contributed by atoms with Crippen molar-refractivity contribution in [2.24, 2.45) is 5.92 Å². The lowest BCUT2D eigenvalue weighted by Crippen LogP contribution is -2.30. The summed E-state index contributed by atoms with van der Waals surface area (Å²) in [5.74, 6) is 0.662. The molecule has 6 nitrogen and oxygen atoms in total. The van der Waals surface area contributed by atoms with Crippen molar-refractivity contribution in [1.29, 1.82) is 0 Å². The summed E-state index contributed by atoms with van der Waals surface area (Å²) < 4.78 is 5.42. The number of hydrogen-bond donors (Lipinski definition) is 1. The van der Waals surface area contributed by atoms with Gasteiger partial charge in [0.05, 0.1) is 12.8 Å². The quantitative estimate of drug-likeness (QED) is 0.765. The Morgan fingerprint density at radius 3 is 2.44 bits per heavy atom. The molecule has 2 aromatic rings. The van der Waals surface area contributed by atoms with E-state index in [1.54, 1.807) is 11.2 Å². The Hall–Kier alpha value is -2.76. The molecule has 27 heavy (non-hydrogen) atoms. The fourth-order valence-electron chi connectivity index (χ4n) is 2.76. The maximum absolute atomic E-state index is 12.5. The first kappa shape index (κ1) is 20.6. The van der Waals surface area contributed by atoms with Crippen molar-refractivity contribution in [3.8, 4) is 0 Å². The average Bonchev–Trinajstić information content (AvgIpc) is 3.13. The zero-order valence-electron chi connectivity index (χ0n) is 16.8. The van der Waals surface area contributed by atoms with Crippen molar-refractivity contribution in [2.45, 2.75) is 40.3 Å². The van der Waals surface area contributed by atoms with Gasteiger partial charge >= 0.3 is 0 Å². The van der Waals surface area contributed by atoms with E-state index in [1.165, 1.54) is 0 Å². The Labute approximate surface area is 161 Å². The van der Waals surface area contributed by atoms with Gasteiger partial charge in [0.1, 0.15) is 5.76 Å². The SMILES string of the molecule is CCC(=O)N(Cc1ccco1)Cc1cc(NC(=O)C(C)C)ccc1N(C)C. The second kappa shape index (κ2) is 9.26. The fraction of sp³-hybridized carbons (Fsp3) is 0.429. The molecule has 0 unspecified atom stereocenters. The highest BCUT2D eigenvalue weighted by Crippen LogP contribution is 2.26. The van der Waals surface area contributed by atoms with Crippen molar-refractivity contribution in [2.75, 3.05) is 24.3 Å². The number of furan rings is 1. The second-order valence-corrected chi connectivity index (χ2v) is 7.06. The molecule has 0 fully saturated rings. The molecule has 1 aromatic heterocycles. The lowest BCUT2D eigenvalue weighted by Gasteiger charge is -2.25. The molecule has 2 rings (SSSR count). The molecule has 0 aliphatic rings. The van der Waals surface area contributed by atoms with Crippen LogP contribution in [0.5, 0.6) is 0 Å². The normalized spacial score (nSPS) is 10.7. The van der Waals surface area contributed by atoms with Gasteiger partial charge < -0.3 is 19.5 Å². The molecule has 1 aromatic carbocycles. The van der Waals surface area contributed by atoms with Crippen LogP contribution in [0.15, 0.2) is 41.0 Å². The van der Waals surface area contributed by atoms with E-state index in [1.807, 2.05) is 70.1 Å². The van der Waals surface area contributed by atoms with Gasteiger partial charge in [0.15, 0.2) is 0 Å². The number of hydrogen-bond acceptors (Lipinski definition) is 4. The summed E-state index contributed by atoms with van der Waals surface area (Å²) in [7, 11) is 3.92. The van der Waals surface area contributed by atoms with Crippen LogP contribution in [0.4, 0.5) is 11.4 Å². The van der Waals surface area contributed by atoms with Crippen molar-refractivity contribution in [1.82, 2.24) is 4.90 Å². The molecule has 2 amide bonds. The number of nitrogens with zero attached hydrogens (tertiary/aromatic N) is 2. The number of anilines is 2. The van der Waals surface area contributed by atoms with E-state index in [2.05, 4.69) is 5.32 Å². The second-order valence-electron chi connectivity index (χ2n) is 7.06. The molecular formula is C21H29N3O3. The minimum absolute atomic E-state index is 0.0318. The maximum atomic E-state index is 12.5. The summed E-state index contributed by atoms with van der Waals surface area (Å²) in [4.78, 5) is 28.3. The maximum Gasteiger partial charge on any atom is 0.226 e.